The third-order valence-corrected chi connectivity index (χ3v) is 4.30. The summed E-state index contributed by atoms with van der Waals surface area (Å²) < 4.78 is 1.13. The van der Waals surface area contributed by atoms with Gasteiger partial charge < -0.3 is 0 Å². The van der Waals surface area contributed by atoms with Gasteiger partial charge in [0.05, 0.1) is 10.2 Å². The Morgan fingerprint density at radius 3 is 2.85 bits per heavy atom. The predicted molar refractivity (Wildman–Crippen MR) is 83.3 cm³/mol. The van der Waals surface area contributed by atoms with Crippen molar-refractivity contribution in [1.29, 1.82) is 0 Å². The van der Waals surface area contributed by atoms with Gasteiger partial charge in [0.2, 0.25) is 5.13 Å². The van der Waals surface area contributed by atoms with E-state index in [1.54, 1.807) is 11.3 Å². The lowest BCUT2D eigenvalue weighted by atomic mass is 9.76. The minimum Gasteiger partial charge on any atom is -0.299 e. The summed E-state index contributed by atoms with van der Waals surface area (Å²) in [6.07, 6.45) is 1.96. The fourth-order valence-corrected chi connectivity index (χ4v) is 3.44. The van der Waals surface area contributed by atoms with Gasteiger partial charge in [-0.3, -0.25) is 10.2 Å². The summed E-state index contributed by atoms with van der Waals surface area (Å²) in [5.41, 5.74) is 4.92. The van der Waals surface area contributed by atoms with E-state index >= 15 is 0 Å². The molecule has 1 heterocycles. The van der Waals surface area contributed by atoms with Crippen LogP contribution in [0.3, 0.4) is 0 Å². The number of nitrogens with one attached hydrogen (secondary N) is 1. The molecule has 2 aromatic rings. The highest BCUT2D eigenvalue weighted by molar-refractivity contribution is 7.22. The number of hydrogen-bond acceptors (Lipinski definition) is 5. The van der Waals surface area contributed by atoms with E-state index in [-0.39, 0.29) is 11.2 Å². The van der Waals surface area contributed by atoms with Gasteiger partial charge in [0.15, 0.2) is 0 Å². The molecule has 1 aliphatic carbocycles. The fourth-order valence-electron chi connectivity index (χ4n) is 2.63. The molecule has 104 valence electrons. The molecule has 1 aromatic heterocycles. The number of benzene rings is 1. The molecule has 0 unspecified atom stereocenters. The summed E-state index contributed by atoms with van der Waals surface area (Å²) >= 11 is 1.57. The Labute approximate surface area is 121 Å². The lowest BCUT2D eigenvalue weighted by Crippen LogP contribution is -2.29. The smallest absolute Gasteiger partial charge is 0.204 e. The molecule has 0 radical (unpaired) electrons. The normalized spacial score (nSPS) is 20.5. The first-order chi connectivity index (χ1) is 9.52. The maximum Gasteiger partial charge on any atom is 0.204 e. The van der Waals surface area contributed by atoms with Crippen LogP contribution in [0.2, 0.25) is 0 Å². The number of para-hydroxylation sites is 1. The second kappa shape index (κ2) is 4.98. The van der Waals surface area contributed by atoms with Gasteiger partial charge in [-0.1, -0.05) is 37.3 Å². The zero-order valence-electron chi connectivity index (χ0n) is 11.6. The molecule has 1 aromatic carbocycles. The van der Waals surface area contributed by atoms with E-state index in [1.165, 1.54) is 0 Å². The number of nitrogens with zero attached hydrogens (tertiary/aromatic N) is 2. The van der Waals surface area contributed by atoms with Gasteiger partial charge in [-0.25, -0.2) is 4.98 Å². The van der Waals surface area contributed by atoms with Gasteiger partial charge in [-0.2, -0.15) is 5.10 Å². The molecule has 3 rings (SSSR count). The molecule has 0 bridgehead atoms. The molecule has 20 heavy (non-hydrogen) atoms. The van der Waals surface area contributed by atoms with Crippen molar-refractivity contribution in [1.82, 2.24) is 4.98 Å². The first kappa shape index (κ1) is 13.2. The van der Waals surface area contributed by atoms with Crippen LogP contribution in [-0.4, -0.2) is 16.5 Å². The number of thiazole rings is 1. The summed E-state index contributed by atoms with van der Waals surface area (Å²) in [4.78, 5) is 16.2. The average molecular weight is 287 g/mol. The summed E-state index contributed by atoms with van der Waals surface area (Å²) in [7, 11) is 0. The van der Waals surface area contributed by atoms with Gasteiger partial charge in [0.1, 0.15) is 5.78 Å². The van der Waals surface area contributed by atoms with Crippen LogP contribution >= 0.6 is 11.3 Å². The zero-order valence-corrected chi connectivity index (χ0v) is 12.5. The molecule has 1 aliphatic rings. The van der Waals surface area contributed by atoms with E-state index in [0.29, 0.717) is 12.8 Å². The molecular weight excluding hydrogens is 270 g/mol. The SMILES string of the molecule is CC1(C)CC(=O)CC(=NNc2nc3ccccc3s2)C1. The van der Waals surface area contributed by atoms with Crippen LogP contribution < -0.4 is 5.43 Å². The second-order valence-corrected chi connectivity index (χ2v) is 7.04. The topological polar surface area (TPSA) is 54.4 Å². The average Bonchev–Trinajstić information content (AvgIpc) is 2.76. The number of Topliss-reactive ketones (excluding diaryl/α,β-unsaturated/α-hetero) is 1. The van der Waals surface area contributed by atoms with E-state index in [9.17, 15) is 4.79 Å². The minimum absolute atomic E-state index is 0.0173. The summed E-state index contributed by atoms with van der Waals surface area (Å²) in [6, 6.07) is 7.99. The number of hydrogen-bond donors (Lipinski definition) is 1. The molecule has 1 fully saturated rings. The molecule has 1 saturated carbocycles. The van der Waals surface area contributed by atoms with Crippen LogP contribution in [0.15, 0.2) is 29.4 Å². The van der Waals surface area contributed by atoms with E-state index in [0.717, 1.165) is 27.5 Å². The Morgan fingerprint density at radius 1 is 1.30 bits per heavy atom. The van der Waals surface area contributed by atoms with Crippen LogP contribution in [0.4, 0.5) is 5.13 Å². The Bertz CT molecular complexity index is 654. The van der Waals surface area contributed by atoms with Crippen LogP contribution in [0.25, 0.3) is 10.2 Å². The van der Waals surface area contributed by atoms with Crippen LogP contribution in [0.5, 0.6) is 0 Å². The summed E-state index contributed by atoms with van der Waals surface area (Å²) in [6.45, 7) is 4.22. The number of ketones is 1. The third-order valence-electron chi connectivity index (χ3n) is 3.36. The molecular formula is C15H17N3OS. The van der Waals surface area contributed by atoms with Gasteiger partial charge in [0, 0.05) is 18.6 Å². The van der Waals surface area contributed by atoms with Gasteiger partial charge >= 0.3 is 0 Å². The third kappa shape index (κ3) is 2.88. The van der Waals surface area contributed by atoms with Crippen molar-refractivity contribution in [3.05, 3.63) is 24.3 Å². The van der Waals surface area contributed by atoms with Crippen LogP contribution in [0, 0.1) is 5.41 Å². The Morgan fingerprint density at radius 2 is 2.10 bits per heavy atom. The number of rotatable bonds is 2. The van der Waals surface area contributed by atoms with Crippen molar-refractivity contribution >= 4 is 38.2 Å². The summed E-state index contributed by atoms with van der Waals surface area (Å²) in [5, 5.41) is 5.16. The van der Waals surface area contributed by atoms with Crippen molar-refractivity contribution in [2.24, 2.45) is 10.5 Å². The standard InChI is InChI=1S/C15H17N3OS/c1-15(2)8-10(7-11(19)9-15)17-18-14-16-12-5-3-4-6-13(12)20-14/h3-6H,7-9H2,1-2H3,(H,16,18). The lowest BCUT2D eigenvalue weighted by molar-refractivity contribution is -0.120. The number of carbonyl (C=O) groups is 1. The fraction of sp³-hybridized carbons (Fsp3) is 0.400. The highest BCUT2D eigenvalue weighted by Crippen LogP contribution is 2.32. The lowest BCUT2D eigenvalue weighted by Gasteiger charge is -2.28. The summed E-state index contributed by atoms with van der Waals surface area (Å²) in [5.74, 6) is 0.270. The van der Waals surface area contributed by atoms with Gasteiger partial charge in [0.25, 0.3) is 0 Å². The number of carbonyl (C=O) groups excluding carboxylic acids is 1. The number of hydrazone groups is 1. The maximum atomic E-state index is 11.7. The number of anilines is 1. The van der Waals surface area contributed by atoms with Crippen molar-refractivity contribution in [3.8, 4) is 0 Å². The number of aromatic nitrogens is 1. The van der Waals surface area contributed by atoms with Crippen LogP contribution in [-0.2, 0) is 4.79 Å². The molecule has 0 saturated heterocycles. The van der Waals surface area contributed by atoms with Crippen LogP contribution in [0.1, 0.15) is 33.1 Å². The maximum absolute atomic E-state index is 11.7. The van der Waals surface area contributed by atoms with Crippen molar-refractivity contribution in [3.63, 3.8) is 0 Å². The Hall–Kier alpha value is -1.75. The van der Waals surface area contributed by atoms with E-state index in [2.05, 4.69) is 29.4 Å². The largest absolute Gasteiger partial charge is 0.299 e. The minimum atomic E-state index is 0.0173. The Balaban J connectivity index is 1.77. The number of fused-ring (bicyclic) bond motifs is 1. The Kier molecular flexibility index (Phi) is 3.30. The molecule has 0 aliphatic heterocycles. The highest BCUT2D eigenvalue weighted by atomic mass is 32.1. The first-order valence-corrected chi connectivity index (χ1v) is 7.52. The van der Waals surface area contributed by atoms with E-state index in [4.69, 9.17) is 0 Å². The van der Waals surface area contributed by atoms with Gasteiger partial charge in [-0.05, 0) is 24.0 Å². The molecule has 1 N–H and O–H groups in total. The molecule has 5 heteroatoms. The second-order valence-electron chi connectivity index (χ2n) is 6.01. The highest BCUT2D eigenvalue weighted by Gasteiger charge is 2.30. The molecule has 4 nitrogen and oxygen atoms in total. The van der Waals surface area contributed by atoms with Crippen molar-refractivity contribution in [2.75, 3.05) is 5.43 Å². The predicted octanol–water partition coefficient (Wildman–Crippen LogP) is 3.84. The molecule has 0 spiro atoms. The van der Waals surface area contributed by atoms with Crippen molar-refractivity contribution < 1.29 is 4.79 Å². The zero-order chi connectivity index (χ0) is 14.2. The molecule has 0 amide bonds. The first-order valence-electron chi connectivity index (χ1n) is 6.71. The van der Waals surface area contributed by atoms with Crippen molar-refractivity contribution in [2.45, 2.75) is 33.1 Å². The van der Waals surface area contributed by atoms with E-state index < -0.39 is 0 Å². The molecule has 0 atom stereocenters. The monoisotopic (exact) mass is 287 g/mol. The van der Waals surface area contributed by atoms with E-state index in [1.807, 2.05) is 24.3 Å². The van der Waals surface area contributed by atoms with Gasteiger partial charge in [-0.15, -0.1) is 0 Å². The quantitative estimate of drug-likeness (QED) is 0.854.